The number of fused-ring (bicyclic) bond motifs is 1. The highest BCUT2D eigenvalue weighted by Gasteiger charge is 2.52. The molecule has 0 saturated carbocycles. The average molecular weight is 376 g/mol. The first-order chi connectivity index (χ1) is 13.4. The molecular formula is C20H20N6O2. The van der Waals surface area contributed by atoms with Gasteiger partial charge in [0.05, 0.1) is 17.7 Å². The lowest BCUT2D eigenvalue weighted by Crippen LogP contribution is -2.58. The minimum Gasteiger partial charge on any atom is -0.367 e. The van der Waals surface area contributed by atoms with Crippen molar-refractivity contribution in [3.8, 4) is 0 Å². The van der Waals surface area contributed by atoms with E-state index in [0.717, 1.165) is 16.6 Å². The Kier molecular flexibility index (Phi) is 4.20. The Bertz CT molecular complexity index is 1100. The van der Waals surface area contributed by atoms with Crippen LogP contribution in [-0.4, -0.2) is 34.2 Å². The zero-order valence-corrected chi connectivity index (χ0v) is 15.5. The van der Waals surface area contributed by atoms with E-state index in [4.69, 9.17) is 5.73 Å². The van der Waals surface area contributed by atoms with Gasteiger partial charge in [-0.15, -0.1) is 0 Å². The standard InChI is InChI=1S/C20H20N6O2/c1-11-7-8-13(12(2)9-11)24-17(27)16-20(18(21)28,23-10-22-16)19-25-14-5-3-4-6-15(14)26-19/h3-9,23H,10H2,1-2H3,(H2,21,28)(H,24,27)(H,25,26). The highest BCUT2D eigenvalue weighted by atomic mass is 16.2. The van der Waals surface area contributed by atoms with Gasteiger partial charge in [-0.25, -0.2) is 4.98 Å². The van der Waals surface area contributed by atoms with E-state index in [-0.39, 0.29) is 18.2 Å². The van der Waals surface area contributed by atoms with Gasteiger partial charge in [0.15, 0.2) is 0 Å². The maximum atomic E-state index is 13.0. The molecule has 1 aliphatic heterocycles. The third-order valence-corrected chi connectivity index (χ3v) is 4.90. The molecule has 1 atom stereocenters. The molecular weight excluding hydrogens is 356 g/mol. The number of primary amides is 1. The van der Waals surface area contributed by atoms with Gasteiger partial charge in [-0.05, 0) is 37.6 Å². The van der Waals surface area contributed by atoms with Gasteiger partial charge in [0, 0.05) is 5.69 Å². The number of nitrogens with zero attached hydrogens (tertiary/aromatic N) is 2. The number of nitrogens with two attached hydrogens (primary N) is 1. The Morgan fingerprint density at radius 3 is 2.68 bits per heavy atom. The van der Waals surface area contributed by atoms with E-state index < -0.39 is 17.4 Å². The van der Waals surface area contributed by atoms with E-state index in [0.29, 0.717) is 11.2 Å². The van der Waals surface area contributed by atoms with E-state index in [9.17, 15) is 9.59 Å². The number of hydrogen-bond acceptors (Lipinski definition) is 5. The van der Waals surface area contributed by atoms with Crippen LogP contribution in [0.1, 0.15) is 17.0 Å². The molecule has 0 bridgehead atoms. The number of para-hydroxylation sites is 2. The summed E-state index contributed by atoms with van der Waals surface area (Å²) in [5.74, 6) is -1.01. The number of aryl methyl sites for hydroxylation is 2. The van der Waals surface area contributed by atoms with Crippen LogP contribution in [0.5, 0.6) is 0 Å². The van der Waals surface area contributed by atoms with Gasteiger partial charge >= 0.3 is 0 Å². The van der Waals surface area contributed by atoms with Crippen molar-refractivity contribution in [1.29, 1.82) is 0 Å². The fraction of sp³-hybridized carbons (Fsp3) is 0.200. The molecule has 0 fully saturated rings. The minimum absolute atomic E-state index is 0.0148. The van der Waals surface area contributed by atoms with E-state index >= 15 is 0 Å². The number of rotatable bonds is 4. The Morgan fingerprint density at radius 2 is 1.96 bits per heavy atom. The van der Waals surface area contributed by atoms with E-state index in [1.807, 2.05) is 56.3 Å². The molecule has 4 rings (SSSR count). The predicted octanol–water partition coefficient (Wildman–Crippen LogP) is 1.50. The Labute approximate surface area is 161 Å². The normalized spacial score (nSPS) is 18.9. The summed E-state index contributed by atoms with van der Waals surface area (Å²) in [6.07, 6.45) is 0. The smallest absolute Gasteiger partial charge is 0.272 e. The number of hydrogen-bond donors (Lipinski definition) is 4. The Morgan fingerprint density at radius 1 is 1.18 bits per heavy atom. The molecule has 0 saturated heterocycles. The molecule has 8 heteroatoms. The van der Waals surface area contributed by atoms with Crippen molar-refractivity contribution in [2.75, 3.05) is 12.0 Å². The summed E-state index contributed by atoms with van der Waals surface area (Å²) in [6, 6.07) is 13.0. The largest absolute Gasteiger partial charge is 0.367 e. The fourth-order valence-corrected chi connectivity index (χ4v) is 3.46. The van der Waals surface area contributed by atoms with Gasteiger partial charge in [0.1, 0.15) is 11.5 Å². The maximum Gasteiger partial charge on any atom is 0.272 e. The minimum atomic E-state index is -1.62. The van der Waals surface area contributed by atoms with Crippen molar-refractivity contribution >= 4 is 34.2 Å². The summed E-state index contributed by atoms with van der Waals surface area (Å²) in [4.78, 5) is 37.4. The molecule has 2 amide bonds. The fourth-order valence-electron chi connectivity index (χ4n) is 3.46. The molecule has 8 nitrogen and oxygen atoms in total. The van der Waals surface area contributed by atoms with Crippen LogP contribution in [0.4, 0.5) is 5.69 Å². The first-order valence-corrected chi connectivity index (χ1v) is 8.85. The van der Waals surface area contributed by atoms with Crippen LogP contribution < -0.4 is 16.4 Å². The number of anilines is 1. The number of nitrogens with one attached hydrogen (secondary N) is 3. The van der Waals surface area contributed by atoms with E-state index in [1.54, 1.807) is 0 Å². The van der Waals surface area contributed by atoms with Crippen molar-refractivity contribution in [2.24, 2.45) is 10.7 Å². The first-order valence-electron chi connectivity index (χ1n) is 8.85. The highest BCUT2D eigenvalue weighted by molar-refractivity contribution is 6.50. The molecule has 0 aliphatic carbocycles. The monoisotopic (exact) mass is 376 g/mol. The van der Waals surface area contributed by atoms with Gasteiger partial charge in [-0.2, -0.15) is 0 Å². The molecule has 142 valence electrons. The lowest BCUT2D eigenvalue weighted by atomic mass is 9.91. The number of H-pyrrole nitrogens is 1. The van der Waals surface area contributed by atoms with Gasteiger partial charge in [0.2, 0.25) is 5.54 Å². The van der Waals surface area contributed by atoms with Crippen molar-refractivity contribution in [3.63, 3.8) is 0 Å². The summed E-state index contributed by atoms with van der Waals surface area (Å²) in [7, 11) is 0. The van der Waals surface area contributed by atoms with Crippen molar-refractivity contribution in [1.82, 2.24) is 15.3 Å². The number of imidazole rings is 1. The number of carbonyl (C=O) groups is 2. The Balaban J connectivity index is 1.74. The molecule has 28 heavy (non-hydrogen) atoms. The summed E-state index contributed by atoms with van der Waals surface area (Å²) in [5, 5.41) is 5.79. The molecule has 2 heterocycles. The van der Waals surface area contributed by atoms with Gasteiger partial charge in [-0.1, -0.05) is 29.8 Å². The summed E-state index contributed by atoms with van der Waals surface area (Å²) in [6.45, 7) is 3.96. The van der Waals surface area contributed by atoms with Crippen molar-refractivity contribution < 1.29 is 9.59 Å². The molecule has 1 unspecified atom stereocenters. The first kappa shape index (κ1) is 17.9. The third-order valence-electron chi connectivity index (χ3n) is 4.90. The van der Waals surface area contributed by atoms with Crippen LogP contribution in [0.3, 0.4) is 0 Å². The predicted molar refractivity (Wildman–Crippen MR) is 107 cm³/mol. The lowest BCUT2D eigenvalue weighted by Gasteiger charge is -2.25. The SMILES string of the molecule is Cc1ccc(NC(=O)C2=NCNC2(C(N)=O)c2nc3ccccc3[nH]2)c(C)c1. The van der Waals surface area contributed by atoms with Crippen molar-refractivity contribution in [2.45, 2.75) is 19.4 Å². The van der Waals surface area contributed by atoms with Crippen LogP contribution in [-0.2, 0) is 15.1 Å². The quantitative estimate of drug-likeness (QED) is 0.550. The van der Waals surface area contributed by atoms with Crippen LogP contribution in [0.25, 0.3) is 11.0 Å². The number of carbonyl (C=O) groups excluding carboxylic acids is 2. The second-order valence-electron chi connectivity index (χ2n) is 6.83. The number of amides is 2. The summed E-state index contributed by atoms with van der Waals surface area (Å²) in [5.41, 5.74) is 8.15. The van der Waals surface area contributed by atoms with Gasteiger partial charge in [0.25, 0.3) is 11.8 Å². The second kappa shape index (κ2) is 6.58. The van der Waals surface area contributed by atoms with Crippen LogP contribution in [0.15, 0.2) is 47.5 Å². The topological polar surface area (TPSA) is 125 Å². The van der Waals surface area contributed by atoms with E-state index in [1.165, 1.54) is 0 Å². The second-order valence-corrected chi connectivity index (χ2v) is 6.83. The van der Waals surface area contributed by atoms with Crippen LogP contribution >= 0.6 is 0 Å². The molecule has 5 N–H and O–H groups in total. The Hall–Kier alpha value is -3.52. The molecule has 0 spiro atoms. The van der Waals surface area contributed by atoms with Gasteiger partial charge < -0.3 is 16.0 Å². The number of aromatic amines is 1. The maximum absolute atomic E-state index is 13.0. The molecule has 0 radical (unpaired) electrons. The molecule has 3 aromatic rings. The number of aromatic nitrogens is 2. The number of aliphatic imine (C=N–C) groups is 1. The van der Waals surface area contributed by atoms with E-state index in [2.05, 4.69) is 25.6 Å². The van der Waals surface area contributed by atoms with Crippen LogP contribution in [0, 0.1) is 13.8 Å². The number of benzene rings is 2. The molecule has 1 aromatic heterocycles. The molecule has 2 aromatic carbocycles. The highest BCUT2D eigenvalue weighted by Crippen LogP contribution is 2.28. The third kappa shape index (κ3) is 2.74. The average Bonchev–Trinajstić information content (AvgIpc) is 3.28. The van der Waals surface area contributed by atoms with Gasteiger partial charge in [-0.3, -0.25) is 19.9 Å². The lowest BCUT2D eigenvalue weighted by molar-refractivity contribution is -0.123. The van der Waals surface area contributed by atoms with Crippen LogP contribution in [0.2, 0.25) is 0 Å². The molecule has 1 aliphatic rings. The zero-order chi connectivity index (χ0) is 19.9. The summed E-state index contributed by atoms with van der Waals surface area (Å²) < 4.78 is 0. The zero-order valence-electron chi connectivity index (χ0n) is 15.5. The van der Waals surface area contributed by atoms with Crippen molar-refractivity contribution in [3.05, 3.63) is 59.4 Å². The summed E-state index contributed by atoms with van der Waals surface area (Å²) >= 11 is 0.